The molecule has 0 radical (unpaired) electrons. The largest absolute Gasteiger partial charge is 0.508 e. The van der Waals surface area contributed by atoms with Crippen molar-refractivity contribution in [3.63, 3.8) is 0 Å². The Morgan fingerprint density at radius 2 is 1.68 bits per heavy atom. The number of fused-ring (bicyclic) bond motifs is 1. The van der Waals surface area contributed by atoms with E-state index in [1.54, 1.807) is 60.7 Å². The number of nitrogens with zero attached hydrogens (tertiary/aromatic N) is 2. The van der Waals surface area contributed by atoms with E-state index in [2.05, 4.69) is 0 Å². The number of benzodiazepines with no additional fused rings is 1. The molecule has 7 nitrogen and oxygen atoms in total. The number of phenolic OH excluding ortho intramolecular Hbond substituents is 2. The second kappa shape index (κ2) is 8.31. The maximum Gasteiger partial charge on any atom is 0.323 e. The third-order valence-corrected chi connectivity index (χ3v) is 5.06. The van der Waals surface area contributed by atoms with Crippen LogP contribution in [0.1, 0.15) is 16.7 Å². The molecule has 3 aromatic carbocycles. The summed E-state index contributed by atoms with van der Waals surface area (Å²) in [7, 11) is 0. The number of hydrogen-bond donors (Lipinski definition) is 3. The average molecular weight is 416 g/mol. The molecule has 7 heteroatoms. The maximum atomic E-state index is 13.4. The standard InChI is InChI=1S/C24H20N2O5/c27-17-10-8-15(9-11-17)12-20-24(31)26(14-22(29)30)21-7-2-1-6-19(21)23(25-20)16-4-3-5-18(28)13-16/h1-11,13,20,27-28H,12,14H2,(H,29,30). The van der Waals surface area contributed by atoms with Crippen molar-refractivity contribution in [1.82, 2.24) is 0 Å². The smallest absolute Gasteiger partial charge is 0.323 e. The quantitative estimate of drug-likeness (QED) is 0.592. The van der Waals surface area contributed by atoms with Crippen LogP contribution in [0, 0.1) is 0 Å². The lowest BCUT2D eigenvalue weighted by molar-refractivity contribution is -0.136. The minimum atomic E-state index is -1.13. The summed E-state index contributed by atoms with van der Waals surface area (Å²) < 4.78 is 0. The number of phenols is 2. The van der Waals surface area contributed by atoms with E-state index in [1.165, 1.54) is 17.0 Å². The van der Waals surface area contributed by atoms with Crippen LogP contribution >= 0.6 is 0 Å². The number of anilines is 1. The van der Waals surface area contributed by atoms with E-state index in [0.717, 1.165) is 5.56 Å². The molecule has 3 N–H and O–H groups in total. The van der Waals surface area contributed by atoms with E-state index in [9.17, 15) is 24.9 Å². The normalized spacial score (nSPS) is 15.7. The zero-order valence-electron chi connectivity index (χ0n) is 16.5. The van der Waals surface area contributed by atoms with Crippen LogP contribution < -0.4 is 4.90 Å². The Kier molecular flexibility index (Phi) is 5.41. The lowest BCUT2D eigenvalue weighted by Crippen LogP contribution is -2.42. The van der Waals surface area contributed by atoms with Gasteiger partial charge in [-0.25, -0.2) is 0 Å². The number of aromatic hydroxyl groups is 2. The highest BCUT2D eigenvalue weighted by molar-refractivity contribution is 6.20. The SMILES string of the molecule is O=C(O)CN1C(=O)C(Cc2ccc(O)cc2)N=C(c2cccc(O)c2)c2ccccc21. The van der Waals surface area contributed by atoms with Crippen LogP contribution in [0.5, 0.6) is 11.5 Å². The van der Waals surface area contributed by atoms with Crippen LogP contribution in [0.15, 0.2) is 77.8 Å². The Hall–Kier alpha value is -4.13. The molecule has 156 valence electrons. The predicted octanol–water partition coefficient (Wildman–Crippen LogP) is 2.98. The third-order valence-electron chi connectivity index (χ3n) is 5.06. The number of benzene rings is 3. The van der Waals surface area contributed by atoms with Gasteiger partial charge in [0.05, 0.1) is 11.4 Å². The van der Waals surface area contributed by atoms with Gasteiger partial charge in [0.15, 0.2) is 0 Å². The first kappa shape index (κ1) is 20.2. The summed E-state index contributed by atoms with van der Waals surface area (Å²) in [6.45, 7) is -0.495. The molecule has 0 fully saturated rings. The van der Waals surface area contributed by atoms with Crippen molar-refractivity contribution < 1.29 is 24.9 Å². The Bertz CT molecular complexity index is 1170. The molecule has 1 heterocycles. The number of carboxylic acid groups (broad SMARTS) is 1. The molecule has 0 saturated carbocycles. The number of rotatable bonds is 5. The molecule has 0 spiro atoms. The number of carboxylic acids is 1. The molecule has 1 atom stereocenters. The molecule has 3 aromatic rings. The van der Waals surface area contributed by atoms with Gasteiger partial charge in [-0.15, -0.1) is 0 Å². The van der Waals surface area contributed by atoms with E-state index in [-0.39, 0.29) is 17.9 Å². The van der Waals surface area contributed by atoms with Gasteiger partial charge in [0.2, 0.25) is 0 Å². The lowest BCUT2D eigenvalue weighted by atomic mass is 10.00. The summed E-state index contributed by atoms with van der Waals surface area (Å²) >= 11 is 0. The van der Waals surface area contributed by atoms with Gasteiger partial charge in [0.25, 0.3) is 5.91 Å². The van der Waals surface area contributed by atoms with Crippen LogP contribution in [0.25, 0.3) is 0 Å². The van der Waals surface area contributed by atoms with Crippen molar-refractivity contribution in [3.05, 3.63) is 89.5 Å². The van der Waals surface area contributed by atoms with Gasteiger partial charge in [-0.2, -0.15) is 0 Å². The van der Waals surface area contributed by atoms with Crippen LogP contribution in [0.2, 0.25) is 0 Å². The molecular weight excluding hydrogens is 396 g/mol. The molecule has 1 aliphatic rings. The first-order chi connectivity index (χ1) is 14.9. The number of carbonyl (C=O) groups excluding carboxylic acids is 1. The summed E-state index contributed by atoms with van der Waals surface area (Å²) in [5.74, 6) is -1.39. The lowest BCUT2D eigenvalue weighted by Gasteiger charge is -2.23. The summed E-state index contributed by atoms with van der Waals surface area (Å²) in [6.07, 6.45) is 0.228. The molecule has 0 bridgehead atoms. The molecule has 4 rings (SSSR count). The van der Waals surface area contributed by atoms with Crippen molar-refractivity contribution in [1.29, 1.82) is 0 Å². The van der Waals surface area contributed by atoms with Gasteiger partial charge in [0.1, 0.15) is 24.1 Å². The Labute approximate surface area is 178 Å². The fraction of sp³-hybridized carbons (Fsp3) is 0.125. The summed E-state index contributed by atoms with van der Waals surface area (Å²) in [6, 6.07) is 19.2. The van der Waals surface area contributed by atoms with Gasteiger partial charge in [0, 0.05) is 17.5 Å². The van der Waals surface area contributed by atoms with E-state index < -0.39 is 24.5 Å². The first-order valence-electron chi connectivity index (χ1n) is 9.70. The monoisotopic (exact) mass is 416 g/mol. The molecule has 31 heavy (non-hydrogen) atoms. The summed E-state index contributed by atoms with van der Waals surface area (Å²) in [5.41, 5.74) is 2.95. The summed E-state index contributed by atoms with van der Waals surface area (Å²) in [4.78, 5) is 30.9. The van der Waals surface area contributed by atoms with Crippen molar-refractivity contribution in [2.45, 2.75) is 12.5 Å². The zero-order valence-corrected chi connectivity index (χ0v) is 16.5. The summed E-state index contributed by atoms with van der Waals surface area (Å²) in [5, 5.41) is 29.0. The topological polar surface area (TPSA) is 110 Å². The van der Waals surface area contributed by atoms with Crippen LogP contribution in [-0.2, 0) is 16.0 Å². The van der Waals surface area contributed by atoms with Crippen molar-refractivity contribution >= 4 is 23.3 Å². The average Bonchev–Trinajstić information content (AvgIpc) is 2.86. The van der Waals surface area contributed by atoms with Crippen LogP contribution in [0.4, 0.5) is 5.69 Å². The van der Waals surface area contributed by atoms with E-state index in [4.69, 9.17) is 4.99 Å². The second-order valence-electron chi connectivity index (χ2n) is 7.25. The molecule has 0 aromatic heterocycles. The van der Waals surface area contributed by atoms with Crippen molar-refractivity contribution in [3.8, 4) is 11.5 Å². The minimum Gasteiger partial charge on any atom is -0.508 e. The molecule has 1 aliphatic heterocycles. The molecule has 1 unspecified atom stereocenters. The number of carbonyl (C=O) groups is 2. The minimum absolute atomic E-state index is 0.0609. The van der Waals surface area contributed by atoms with Gasteiger partial charge >= 0.3 is 5.97 Å². The Balaban J connectivity index is 1.87. The van der Waals surface area contributed by atoms with Gasteiger partial charge in [-0.1, -0.05) is 42.5 Å². The number of para-hydroxylation sites is 1. The fourth-order valence-electron chi connectivity index (χ4n) is 3.66. The Morgan fingerprint density at radius 1 is 0.935 bits per heavy atom. The fourth-order valence-corrected chi connectivity index (χ4v) is 3.66. The van der Waals surface area contributed by atoms with Gasteiger partial charge < -0.3 is 15.3 Å². The Morgan fingerprint density at radius 3 is 2.39 bits per heavy atom. The predicted molar refractivity (Wildman–Crippen MR) is 116 cm³/mol. The highest BCUT2D eigenvalue weighted by atomic mass is 16.4. The highest BCUT2D eigenvalue weighted by Crippen LogP contribution is 2.30. The van der Waals surface area contributed by atoms with Crippen LogP contribution in [0.3, 0.4) is 0 Å². The molecule has 0 saturated heterocycles. The second-order valence-corrected chi connectivity index (χ2v) is 7.25. The highest BCUT2D eigenvalue weighted by Gasteiger charge is 2.33. The first-order valence-corrected chi connectivity index (χ1v) is 9.70. The number of aliphatic carboxylic acids is 1. The molecular formula is C24H20N2O5. The van der Waals surface area contributed by atoms with E-state index in [0.29, 0.717) is 22.5 Å². The number of aliphatic imine (C=N–C) groups is 1. The third kappa shape index (κ3) is 4.25. The van der Waals surface area contributed by atoms with Crippen LogP contribution in [-0.4, -0.2) is 45.5 Å². The van der Waals surface area contributed by atoms with E-state index >= 15 is 0 Å². The maximum absolute atomic E-state index is 13.4. The van der Waals surface area contributed by atoms with E-state index in [1.807, 2.05) is 0 Å². The zero-order chi connectivity index (χ0) is 22.0. The number of amides is 1. The van der Waals surface area contributed by atoms with Crippen molar-refractivity contribution in [2.24, 2.45) is 4.99 Å². The molecule has 1 amide bonds. The molecule has 0 aliphatic carbocycles. The van der Waals surface area contributed by atoms with Gasteiger partial charge in [-0.05, 0) is 35.9 Å². The van der Waals surface area contributed by atoms with Crippen molar-refractivity contribution in [2.75, 3.05) is 11.4 Å². The number of hydrogen-bond acceptors (Lipinski definition) is 5. The van der Waals surface area contributed by atoms with Gasteiger partial charge in [-0.3, -0.25) is 19.5 Å².